The summed E-state index contributed by atoms with van der Waals surface area (Å²) in [4.78, 5) is 21.1. The molecule has 1 aromatic heterocycles. The summed E-state index contributed by atoms with van der Waals surface area (Å²) >= 11 is 0. The number of rotatable bonds is 4. The zero-order chi connectivity index (χ0) is 13.2. The Kier molecular flexibility index (Phi) is 3.82. The van der Waals surface area contributed by atoms with Gasteiger partial charge in [0.1, 0.15) is 6.33 Å². The van der Waals surface area contributed by atoms with Crippen molar-refractivity contribution in [2.45, 2.75) is 13.0 Å². The molecule has 0 radical (unpaired) electrons. The van der Waals surface area contributed by atoms with Crippen molar-refractivity contribution in [3.8, 4) is 0 Å². The first-order valence-corrected chi connectivity index (χ1v) is 7.87. The molecule has 1 aromatic rings. The van der Waals surface area contributed by atoms with Crippen LogP contribution in [0.4, 0.5) is 0 Å². The summed E-state index contributed by atoms with van der Waals surface area (Å²) in [5.41, 5.74) is 0.729. The third-order valence-corrected chi connectivity index (χ3v) is 3.97. The van der Waals surface area contributed by atoms with Gasteiger partial charge in [0.05, 0.1) is 18.0 Å². The number of nitrogens with zero attached hydrogens (tertiary/aromatic N) is 3. The summed E-state index contributed by atoms with van der Waals surface area (Å²) in [5.74, 6) is -0.471. The molecule has 2 heterocycles. The minimum Gasteiger partial charge on any atom is -0.336 e. The molecule has 1 amide bonds. The lowest BCUT2D eigenvalue weighted by molar-refractivity contribution is -0.128. The number of hydrogen-bond acceptors (Lipinski definition) is 5. The van der Waals surface area contributed by atoms with E-state index in [1.807, 2.05) is 0 Å². The zero-order valence-electron chi connectivity index (χ0n) is 9.49. The summed E-state index contributed by atoms with van der Waals surface area (Å²) < 4.78 is 21.9. The number of halogens is 1. The molecule has 1 atom stereocenters. The van der Waals surface area contributed by atoms with Gasteiger partial charge in [-0.25, -0.2) is 18.4 Å². The Morgan fingerprint density at radius 2 is 2.28 bits per heavy atom. The highest BCUT2D eigenvalue weighted by atomic mass is 35.7. The summed E-state index contributed by atoms with van der Waals surface area (Å²) in [5, 5.41) is 0. The summed E-state index contributed by atoms with van der Waals surface area (Å²) in [6, 6.07) is 1.72. The van der Waals surface area contributed by atoms with Crippen molar-refractivity contribution >= 4 is 25.6 Å². The normalized spacial score (nSPS) is 20.4. The van der Waals surface area contributed by atoms with Crippen LogP contribution in [0.2, 0.25) is 0 Å². The van der Waals surface area contributed by atoms with Crippen LogP contribution in [0.5, 0.6) is 0 Å². The smallest absolute Gasteiger partial charge is 0.232 e. The largest absolute Gasteiger partial charge is 0.336 e. The molecule has 8 heteroatoms. The van der Waals surface area contributed by atoms with E-state index < -0.39 is 9.05 Å². The van der Waals surface area contributed by atoms with Crippen molar-refractivity contribution in [3.05, 3.63) is 24.3 Å². The molecule has 1 saturated heterocycles. The van der Waals surface area contributed by atoms with Crippen molar-refractivity contribution in [1.29, 1.82) is 0 Å². The number of amides is 1. The molecule has 18 heavy (non-hydrogen) atoms. The highest BCUT2D eigenvalue weighted by Crippen LogP contribution is 2.22. The standard InChI is InChI=1S/C10H12ClN3O3S/c11-18(16,17)6-8-3-10(15)14(4-8)5-9-1-2-12-7-13-9/h1-2,7-8H,3-6H2. The van der Waals surface area contributed by atoms with E-state index in [1.165, 1.54) is 6.33 Å². The van der Waals surface area contributed by atoms with Gasteiger partial charge in [-0.05, 0) is 6.07 Å². The topological polar surface area (TPSA) is 80.2 Å². The Bertz CT molecular complexity index is 535. The monoisotopic (exact) mass is 289 g/mol. The minimum absolute atomic E-state index is 0.0704. The lowest BCUT2D eigenvalue weighted by Gasteiger charge is -2.15. The zero-order valence-corrected chi connectivity index (χ0v) is 11.1. The van der Waals surface area contributed by atoms with Crippen LogP contribution in [0.15, 0.2) is 18.6 Å². The van der Waals surface area contributed by atoms with E-state index in [4.69, 9.17) is 10.7 Å². The number of likely N-dealkylation sites (tertiary alicyclic amines) is 1. The predicted molar refractivity (Wildman–Crippen MR) is 65.2 cm³/mol. The maximum atomic E-state index is 11.7. The van der Waals surface area contributed by atoms with Gasteiger partial charge in [-0.3, -0.25) is 4.79 Å². The first-order chi connectivity index (χ1) is 8.44. The summed E-state index contributed by atoms with van der Waals surface area (Å²) in [7, 11) is 1.63. The molecule has 0 saturated carbocycles. The number of carbonyl (C=O) groups excluding carboxylic acids is 1. The van der Waals surface area contributed by atoms with E-state index in [2.05, 4.69) is 9.97 Å². The van der Waals surface area contributed by atoms with Crippen LogP contribution in [0.3, 0.4) is 0 Å². The number of hydrogen-bond donors (Lipinski definition) is 0. The Morgan fingerprint density at radius 1 is 1.50 bits per heavy atom. The van der Waals surface area contributed by atoms with Crippen LogP contribution in [-0.2, 0) is 20.4 Å². The van der Waals surface area contributed by atoms with Gasteiger partial charge in [0.15, 0.2) is 0 Å². The van der Waals surface area contributed by atoms with Gasteiger partial charge >= 0.3 is 0 Å². The van der Waals surface area contributed by atoms with Crippen LogP contribution in [-0.4, -0.2) is 41.5 Å². The predicted octanol–water partition coefficient (Wildman–Crippen LogP) is 0.394. The summed E-state index contributed by atoms with van der Waals surface area (Å²) in [6.07, 6.45) is 3.23. The Balaban J connectivity index is 1.98. The van der Waals surface area contributed by atoms with E-state index >= 15 is 0 Å². The summed E-state index contributed by atoms with van der Waals surface area (Å²) in [6.45, 7) is 0.773. The maximum absolute atomic E-state index is 11.7. The Morgan fingerprint density at radius 3 is 2.89 bits per heavy atom. The molecule has 0 N–H and O–H groups in total. The second kappa shape index (κ2) is 5.19. The van der Waals surface area contributed by atoms with E-state index in [9.17, 15) is 13.2 Å². The van der Waals surface area contributed by atoms with E-state index in [-0.39, 0.29) is 24.0 Å². The first-order valence-electron chi connectivity index (χ1n) is 5.39. The SMILES string of the molecule is O=C1CC(CS(=O)(=O)Cl)CN1Cc1ccncn1. The van der Waals surface area contributed by atoms with Gasteiger partial charge in [0.25, 0.3) is 0 Å². The lowest BCUT2D eigenvalue weighted by atomic mass is 10.1. The van der Waals surface area contributed by atoms with Crippen molar-refractivity contribution in [1.82, 2.24) is 14.9 Å². The van der Waals surface area contributed by atoms with Gasteiger partial charge in [0.2, 0.25) is 15.0 Å². The van der Waals surface area contributed by atoms with Gasteiger partial charge in [0, 0.05) is 35.8 Å². The van der Waals surface area contributed by atoms with E-state index in [1.54, 1.807) is 17.2 Å². The van der Waals surface area contributed by atoms with Crippen molar-refractivity contribution in [2.24, 2.45) is 5.92 Å². The molecule has 1 fully saturated rings. The molecular weight excluding hydrogens is 278 g/mol. The first kappa shape index (κ1) is 13.2. The molecule has 1 aliphatic rings. The van der Waals surface area contributed by atoms with Crippen molar-refractivity contribution < 1.29 is 13.2 Å². The quantitative estimate of drug-likeness (QED) is 0.749. The van der Waals surface area contributed by atoms with E-state index in [0.29, 0.717) is 13.1 Å². The average molecular weight is 290 g/mol. The van der Waals surface area contributed by atoms with E-state index in [0.717, 1.165) is 5.69 Å². The highest BCUT2D eigenvalue weighted by Gasteiger charge is 2.32. The van der Waals surface area contributed by atoms with Crippen molar-refractivity contribution in [3.63, 3.8) is 0 Å². The average Bonchev–Trinajstić information content (AvgIpc) is 2.58. The van der Waals surface area contributed by atoms with Gasteiger partial charge in [-0.1, -0.05) is 0 Å². The molecular formula is C10H12ClN3O3S. The number of carbonyl (C=O) groups is 1. The molecule has 6 nitrogen and oxygen atoms in total. The van der Waals surface area contributed by atoms with Crippen LogP contribution >= 0.6 is 10.7 Å². The second-order valence-electron chi connectivity index (χ2n) is 4.25. The lowest BCUT2D eigenvalue weighted by Crippen LogP contribution is -2.25. The Labute approximate surface area is 109 Å². The molecule has 0 aromatic carbocycles. The molecule has 0 aliphatic carbocycles. The third kappa shape index (κ3) is 3.64. The highest BCUT2D eigenvalue weighted by molar-refractivity contribution is 8.13. The van der Waals surface area contributed by atoms with Crippen molar-refractivity contribution in [2.75, 3.05) is 12.3 Å². The van der Waals surface area contributed by atoms with Gasteiger partial charge in [-0.15, -0.1) is 0 Å². The maximum Gasteiger partial charge on any atom is 0.232 e. The molecule has 98 valence electrons. The Hall–Kier alpha value is -1.21. The molecule has 0 bridgehead atoms. The minimum atomic E-state index is -3.56. The fraction of sp³-hybridized carbons (Fsp3) is 0.500. The fourth-order valence-electron chi connectivity index (χ4n) is 2.01. The molecule has 1 unspecified atom stereocenters. The molecule has 0 spiro atoms. The van der Waals surface area contributed by atoms with Crippen LogP contribution in [0, 0.1) is 5.92 Å². The third-order valence-electron chi connectivity index (χ3n) is 2.73. The van der Waals surface area contributed by atoms with Gasteiger partial charge < -0.3 is 4.90 Å². The fourth-order valence-corrected chi connectivity index (χ4v) is 3.33. The van der Waals surface area contributed by atoms with Crippen LogP contribution < -0.4 is 0 Å². The van der Waals surface area contributed by atoms with Crippen LogP contribution in [0.25, 0.3) is 0 Å². The van der Waals surface area contributed by atoms with Crippen LogP contribution in [0.1, 0.15) is 12.1 Å². The molecule has 2 rings (SSSR count). The number of aromatic nitrogens is 2. The molecule has 1 aliphatic heterocycles. The van der Waals surface area contributed by atoms with Gasteiger partial charge in [-0.2, -0.15) is 0 Å². The second-order valence-corrected chi connectivity index (χ2v) is 7.07.